The van der Waals surface area contributed by atoms with E-state index in [1.165, 1.54) is 302 Å². The molecule has 1 amide bonds. The summed E-state index contributed by atoms with van der Waals surface area (Å²) in [5.74, 6) is -0.0402. The van der Waals surface area contributed by atoms with Gasteiger partial charge in [0.1, 0.15) is 0 Å². The van der Waals surface area contributed by atoms with E-state index >= 15 is 0 Å². The van der Waals surface area contributed by atoms with Crippen LogP contribution in [0.2, 0.25) is 0 Å². The van der Waals surface area contributed by atoms with Gasteiger partial charge in [0.05, 0.1) is 25.4 Å². The Labute approximate surface area is 475 Å². The van der Waals surface area contributed by atoms with Crippen molar-refractivity contribution < 1.29 is 24.5 Å². The van der Waals surface area contributed by atoms with Gasteiger partial charge in [-0.1, -0.05) is 340 Å². The maximum Gasteiger partial charge on any atom is 0.305 e. The van der Waals surface area contributed by atoms with Crippen molar-refractivity contribution in [1.82, 2.24) is 5.32 Å². The zero-order valence-corrected chi connectivity index (χ0v) is 51.5. The fourth-order valence-electron chi connectivity index (χ4n) is 11.0. The van der Waals surface area contributed by atoms with Gasteiger partial charge in [-0.15, -0.1) is 0 Å². The van der Waals surface area contributed by atoms with Gasteiger partial charge in [0.25, 0.3) is 0 Å². The third-order valence-electron chi connectivity index (χ3n) is 16.3. The van der Waals surface area contributed by atoms with E-state index in [1.54, 1.807) is 0 Å². The van der Waals surface area contributed by atoms with Gasteiger partial charge in [-0.3, -0.25) is 9.59 Å². The highest BCUT2D eigenvalue weighted by Gasteiger charge is 2.20. The maximum atomic E-state index is 12.6. The number of rotatable bonds is 65. The second kappa shape index (κ2) is 65.9. The van der Waals surface area contributed by atoms with Crippen LogP contribution >= 0.6 is 0 Å². The Bertz CT molecular complexity index is 1190. The summed E-state index contributed by atoms with van der Waals surface area (Å²) in [6.45, 7) is 4.96. The van der Waals surface area contributed by atoms with Gasteiger partial charge < -0.3 is 20.3 Å². The molecule has 0 spiro atoms. The molecule has 0 rings (SSSR count). The maximum absolute atomic E-state index is 12.6. The molecule has 0 radical (unpaired) electrons. The highest BCUT2D eigenvalue weighted by molar-refractivity contribution is 5.76. The van der Waals surface area contributed by atoms with Crippen molar-refractivity contribution in [3.8, 4) is 0 Å². The molecule has 6 heteroatoms. The number of carbonyl (C=O) groups excluding carboxylic acids is 2. The first-order chi connectivity index (χ1) is 37.5. The van der Waals surface area contributed by atoms with Crippen LogP contribution in [0.5, 0.6) is 0 Å². The zero-order valence-electron chi connectivity index (χ0n) is 51.5. The van der Waals surface area contributed by atoms with Crippen LogP contribution < -0.4 is 5.32 Å². The van der Waals surface area contributed by atoms with E-state index in [0.717, 1.165) is 51.4 Å². The van der Waals surface area contributed by atoms with Crippen molar-refractivity contribution in [2.45, 2.75) is 398 Å². The van der Waals surface area contributed by atoms with Gasteiger partial charge in [-0.05, 0) is 57.8 Å². The molecule has 3 N–H and O–H groups in total. The van der Waals surface area contributed by atoms with E-state index in [4.69, 9.17) is 4.74 Å². The van der Waals surface area contributed by atoms with Gasteiger partial charge in [-0.2, -0.15) is 0 Å². The summed E-state index contributed by atoms with van der Waals surface area (Å²) in [4.78, 5) is 24.7. The first-order valence-corrected chi connectivity index (χ1v) is 34.6. The van der Waals surface area contributed by atoms with Crippen LogP contribution in [0.25, 0.3) is 0 Å². The average molecular weight is 1070 g/mol. The number of unbranched alkanes of at least 4 members (excludes halogenated alkanes) is 50. The molecule has 0 aromatic carbocycles. The fourth-order valence-corrected chi connectivity index (χ4v) is 11.0. The Hall–Kier alpha value is -1.66. The molecule has 0 bridgehead atoms. The Kier molecular flexibility index (Phi) is 64.4. The third-order valence-corrected chi connectivity index (χ3v) is 16.3. The predicted octanol–water partition coefficient (Wildman–Crippen LogP) is 22.1. The molecule has 2 atom stereocenters. The Balaban J connectivity index is 3.41. The van der Waals surface area contributed by atoms with Crippen LogP contribution in [0.4, 0.5) is 0 Å². The smallest absolute Gasteiger partial charge is 0.305 e. The number of esters is 1. The molecule has 0 aliphatic carbocycles. The summed E-state index contributed by atoms with van der Waals surface area (Å²) in [6.07, 6.45) is 82.0. The highest BCUT2D eigenvalue weighted by atomic mass is 16.5. The summed E-state index contributed by atoms with van der Waals surface area (Å²) in [6, 6.07) is -0.549. The number of ether oxygens (including phenoxy) is 1. The topological polar surface area (TPSA) is 95.9 Å². The largest absolute Gasteiger partial charge is 0.466 e. The molecule has 6 nitrogen and oxygen atoms in total. The number of hydrogen-bond acceptors (Lipinski definition) is 5. The van der Waals surface area contributed by atoms with Gasteiger partial charge in [0.2, 0.25) is 5.91 Å². The fraction of sp³-hybridized carbons (Fsp3) is 0.914. The van der Waals surface area contributed by atoms with E-state index < -0.39 is 12.1 Å². The van der Waals surface area contributed by atoms with E-state index in [1.807, 2.05) is 0 Å². The first-order valence-electron chi connectivity index (χ1n) is 34.6. The lowest BCUT2D eigenvalue weighted by atomic mass is 10.0. The molecule has 0 saturated heterocycles. The molecule has 450 valence electrons. The minimum absolute atomic E-state index is 0.00282. The van der Waals surface area contributed by atoms with Gasteiger partial charge in [0.15, 0.2) is 0 Å². The molecule has 2 unspecified atom stereocenters. The van der Waals surface area contributed by atoms with E-state index in [9.17, 15) is 19.8 Å². The molecule has 0 aliphatic heterocycles. The van der Waals surface area contributed by atoms with Crippen molar-refractivity contribution in [1.29, 1.82) is 0 Å². The number of nitrogens with one attached hydrogen (secondary N) is 1. The van der Waals surface area contributed by atoms with E-state index in [2.05, 4.69) is 43.5 Å². The second-order valence-electron chi connectivity index (χ2n) is 23.9. The third kappa shape index (κ3) is 61.6. The SMILES string of the molecule is CCCCCC/C=C\C/C=C\CCCCCCCCCC(=O)OCCCCCCCCCCCCCCCCCCC(=O)NC(CO)C(O)CCCCCCCCCCCCCCCCCCCCCCCCCCC. The van der Waals surface area contributed by atoms with Crippen LogP contribution in [0.3, 0.4) is 0 Å². The zero-order chi connectivity index (χ0) is 55.0. The summed E-state index contributed by atoms with van der Waals surface area (Å²) in [5, 5.41) is 23.4. The Morgan fingerprint density at radius 3 is 1.01 bits per heavy atom. The Morgan fingerprint density at radius 2 is 0.658 bits per heavy atom. The van der Waals surface area contributed by atoms with Gasteiger partial charge in [0, 0.05) is 12.8 Å². The molecule has 0 saturated carbocycles. The number of allylic oxidation sites excluding steroid dienone is 4. The molecule has 0 fully saturated rings. The monoisotopic (exact) mass is 1070 g/mol. The van der Waals surface area contributed by atoms with Gasteiger partial charge in [-0.25, -0.2) is 0 Å². The Morgan fingerprint density at radius 1 is 0.368 bits per heavy atom. The van der Waals surface area contributed by atoms with Crippen LogP contribution in [-0.4, -0.2) is 47.4 Å². The number of aliphatic hydroxyl groups is 2. The van der Waals surface area contributed by atoms with Crippen LogP contribution in [-0.2, 0) is 14.3 Å². The number of carbonyl (C=O) groups is 2. The summed E-state index contributed by atoms with van der Waals surface area (Å²) < 4.78 is 5.49. The van der Waals surface area contributed by atoms with Crippen molar-refractivity contribution >= 4 is 11.9 Å². The molecular weight excluding hydrogens is 935 g/mol. The lowest BCUT2D eigenvalue weighted by molar-refractivity contribution is -0.143. The molecule has 76 heavy (non-hydrogen) atoms. The highest BCUT2D eigenvalue weighted by Crippen LogP contribution is 2.19. The van der Waals surface area contributed by atoms with Crippen molar-refractivity contribution in [2.75, 3.05) is 13.2 Å². The second-order valence-corrected chi connectivity index (χ2v) is 23.9. The van der Waals surface area contributed by atoms with Crippen molar-refractivity contribution in [2.24, 2.45) is 0 Å². The molecule has 0 aromatic heterocycles. The van der Waals surface area contributed by atoms with E-state index in [0.29, 0.717) is 25.9 Å². The van der Waals surface area contributed by atoms with Crippen molar-refractivity contribution in [3.05, 3.63) is 24.3 Å². The number of aliphatic hydroxyl groups excluding tert-OH is 2. The average Bonchev–Trinajstić information content (AvgIpc) is 3.42. The summed E-state index contributed by atoms with van der Waals surface area (Å²) in [7, 11) is 0. The first kappa shape index (κ1) is 74.3. The lowest BCUT2D eigenvalue weighted by Crippen LogP contribution is -2.45. The molecular formula is C70H135NO5. The molecule has 0 heterocycles. The van der Waals surface area contributed by atoms with Crippen molar-refractivity contribution in [3.63, 3.8) is 0 Å². The van der Waals surface area contributed by atoms with Crippen LogP contribution in [0.15, 0.2) is 24.3 Å². The van der Waals surface area contributed by atoms with Crippen LogP contribution in [0, 0.1) is 0 Å². The van der Waals surface area contributed by atoms with Gasteiger partial charge >= 0.3 is 5.97 Å². The van der Waals surface area contributed by atoms with E-state index in [-0.39, 0.29) is 18.5 Å². The number of hydrogen-bond donors (Lipinski definition) is 3. The molecule has 0 aromatic rings. The molecule has 0 aliphatic rings. The standard InChI is InChI=1S/C70H135NO5/c1-3-5-7-9-11-13-15-17-19-21-23-24-25-26-27-28-29-30-34-38-42-46-50-54-58-62-68(73)67(66-72)71-69(74)63-59-55-51-47-43-39-35-32-33-37-41-45-49-53-57-61-65-76-70(75)64-60-56-52-48-44-40-36-31-22-20-18-16-14-12-10-8-6-4-2/h14,16,20,22,67-68,72-73H,3-13,15,17-19,21,23-66H2,1-2H3,(H,71,74)/b16-14-,22-20-. The minimum Gasteiger partial charge on any atom is -0.466 e. The lowest BCUT2D eigenvalue weighted by Gasteiger charge is -2.22. The normalized spacial score (nSPS) is 12.6. The summed E-state index contributed by atoms with van der Waals surface area (Å²) >= 11 is 0. The number of amides is 1. The summed E-state index contributed by atoms with van der Waals surface area (Å²) in [5.41, 5.74) is 0. The quantitative estimate of drug-likeness (QED) is 0.0320. The predicted molar refractivity (Wildman–Crippen MR) is 333 cm³/mol. The van der Waals surface area contributed by atoms with Crippen LogP contribution in [0.1, 0.15) is 386 Å². The minimum atomic E-state index is -0.671.